The van der Waals surface area contributed by atoms with E-state index in [1.165, 1.54) is 6.42 Å². The number of carbonyl (C=O) groups is 2. The molecule has 2 aliphatic rings. The highest BCUT2D eigenvalue weighted by Gasteiger charge is 2.28. The van der Waals surface area contributed by atoms with E-state index >= 15 is 0 Å². The fraction of sp³-hybridized carbons (Fsp3) is 0.765. The third kappa shape index (κ3) is 4.13. The van der Waals surface area contributed by atoms with Crippen LogP contribution in [0.4, 0.5) is 0 Å². The van der Waals surface area contributed by atoms with Crippen LogP contribution < -0.4 is 5.32 Å². The Hall–Kier alpha value is -1.92. The number of likely N-dealkylation sites (tertiary alicyclic amines) is 1. The van der Waals surface area contributed by atoms with Crippen molar-refractivity contribution in [2.45, 2.75) is 71.0 Å². The Morgan fingerprint density at radius 3 is 2.79 bits per heavy atom. The largest absolute Gasteiger partial charge is 0.348 e. The SMILES string of the molecule is CC(C)C(=O)N1CCCCC1CCn1cc(C(=O)NC2CC2)nn1. The molecule has 1 saturated heterocycles. The van der Waals surface area contributed by atoms with Gasteiger partial charge in [0, 0.05) is 31.1 Å². The van der Waals surface area contributed by atoms with Crippen molar-refractivity contribution in [2.24, 2.45) is 5.92 Å². The molecular weight excluding hydrogens is 306 g/mol. The molecule has 0 spiro atoms. The van der Waals surface area contributed by atoms with Crippen LogP contribution in [0.15, 0.2) is 6.20 Å². The lowest BCUT2D eigenvalue weighted by Gasteiger charge is -2.37. The van der Waals surface area contributed by atoms with Gasteiger partial charge in [-0.15, -0.1) is 5.10 Å². The van der Waals surface area contributed by atoms with E-state index in [0.717, 1.165) is 38.6 Å². The molecule has 24 heavy (non-hydrogen) atoms. The molecule has 2 fully saturated rings. The van der Waals surface area contributed by atoms with Crippen LogP contribution in [0.3, 0.4) is 0 Å². The van der Waals surface area contributed by atoms with Gasteiger partial charge in [0.15, 0.2) is 5.69 Å². The summed E-state index contributed by atoms with van der Waals surface area (Å²) in [6, 6.07) is 0.585. The molecule has 0 bridgehead atoms. The average Bonchev–Trinajstić information content (AvgIpc) is 3.26. The van der Waals surface area contributed by atoms with E-state index in [1.807, 2.05) is 18.7 Å². The summed E-state index contributed by atoms with van der Waals surface area (Å²) in [5.41, 5.74) is 0.376. The summed E-state index contributed by atoms with van der Waals surface area (Å²) in [6.45, 7) is 5.44. The zero-order valence-electron chi connectivity index (χ0n) is 14.6. The van der Waals surface area contributed by atoms with Gasteiger partial charge in [-0.1, -0.05) is 19.1 Å². The zero-order valence-corrected chi connectivity index (χ0v) is 14.6. The number of carbonyl (C=O) groups excluding carboxylic acids is 2. The van der Waals surface area contributed by atoms with E-state index in [9.17, 15) is 9.59 Å². The monoisotopic (exact) mass is 333 g/mol. The predicted molar refractivity (Wildman–Crippen MR) is 89.3 cm³/mol. The second kappa shape index (κ2) is 7.32. The van der Waals surface area contributed by atoms with Crippen molar-refractivity contribution in [3.63, 3.8) is 0 Å². The molecule has 1 atom stereocenters. The molecule has 7 nitrogen and oxygen atoms in total. The second-order valence-electron chi connectivity index (χ2n) is 7.24. The number of amides is 2. The van der Waals surface area contributed by atoms with E-state index in [4.69, 9.17) is 0 Å². The van der Waals surface area contributed by atoms with E-state index in [2.05, 4.69) is 15.6 Å². The number of hydrogen-bond acceptors (Lipinski definition) is 4. The fourth-order valence-electron chi connectivity index (χ4n) is 3.20. The van der Waals surface area contributed by atoms with E-state index < -0.39 is 0 Å². The van der Waals surface area contributed by atoms with Crippen LogP contribution in [-0.2, 0) is 11.3 Å². The van der Waals surface area contributed by atoms with E-state index in [1.54, 1.807) is 10.9 Å². The molecule has 7 heteroatoms. The average molecular weight is 333 g/mol. The van der Waals surface area contributed by atoms with Gasteiger partial charge in [-0.25, -0.2) is 0 Å². The maximum absolute atomic E-state index is 12.4. The van der Waals surface area contributed by atoms with Crippen molar-refractivity contribution in [1.29, 1.82) is 0 Å². The van der Waals surface area contributed by atoms with Crippen LogP contribution in [0.5, 0.6) is 0 Å². The van der Waals surface area contributed by atoms with E-state index in [-0.39, 0.29) is 23.8 Å². The minimum Gasteiger partial charge on any atom is -0.348 e. The number of aromatic nitrogens is 3. The summed E-state index contributed by atoms with van der Waals surface area (Å²) in [5.74, 6) is 0.135. The fourth-order valence-corrected chi connectivity index (χ4v) is 3.20. The summed E-state index contributed by atoms with van der Waals surface area (Å²) < 4.78 is 1.72. The summed E-state index contributed by atoms with van der Waals surface area (Å²) in [7, 11) is 0. The number of nitrogens with zero attached hydrogens (tertiary/aromatic N) is 4. The maximum atomic E-state index is 12.4. The van der Waals surface area contributed by atoms with Gasteiger partial charge >= 0.3 is 0 Å². The Labute approximate surface area is 142 Å². The first kappa shape index (κ1) is 16.9. The maximum Gasteiger partial charge on any atom is 0.273 e. The number of hydrogen-bond donors (Lipinski definition) is 1. The molecule has 2 heterocycles. The topological polar surface area (TPSA) is 80.1 Å². The number of rotatable bonds is 6. The molecule has 1 aromatic heterocycles. The van der Waals surface area contributed by atoms with Gasteiger partial charge in [0.1, 0.15) is 0 Å². The lowest BCUT2D eigenvalue weighted by Crippen LogP contribution is -2.46. The molecule has 1 N–H and O–H groups in total. The molecule has 1 aromatic rings. The highest BCUT2D eigenvalue weighted by Crippen LogP contribution is 2.22. The van der Waals surface area contributed by atoms with Crippen molar-refractivity contribution >= 4 is 11.8 Å². The Bertz CT molecular complexity index is 594. The Morgan fingerprint density at radius 2 is 2.08 bits per heavy atom. The van der Waals surface area contributed by atoms with Crippen molar-refractivity contribution in [3.8, 4) is 0 Å². The molecule has 1 aliphatic heterocycles. The highest BCUT2D eigenvalue weighted by atomic mass is 16.2. The summed E-state index contributed by atoms with van der Waals surface area (Å²) >= 11 is 0. The minimum atomic E-state index is -0.141. The first-order valence-corrected chi connectivity index (χ1v) is 9.06. The van der Waals surface area contributed by atoms with Crippen molar-refractivity contribution in [1.82, 2.24) is 25.2 Å². The standard InChI is InChI=1S/C17H27N5O2/c1-12(2)17(24)22-9-4-3-5-14(22)8-10-21-11-15(19-20-21)16(23)18-13-6-7-13/h11-14H,3-10H2,1-2H3,(H,18,23). The van der Waals surface area contributed by atoms with Crippen LogP contribution in [0.2, 0.25) is 0 Å². The third-order valence-corrected chi connectivity index (χ3v) is 4.78. The predicted octanol–water partition coefficient (Wildman–Crippen LogP) is 1.60. The lowest BCUT2D eigenvalue weighted by molar-refractivity contribution is -0.138. The quantitative estimate of drug-likeness (QED) is 0.857. The number of nitrogens with one attached hydrogen (secondary N) is 1. The van der Waals surface area contributed by atoms with Crippen molar-refractivity contribution in [2.75, 3.05) is 6.54 Å². The van der Waals surface area contributed by atoms with Gasteiger partial charge in [-0.05, 0) is 38.5 Å². The zero-order chi connectivity index (χ0) is 17.1. The molecule has 1 aliphatic carbocycles. The van der Waals surface area contributed by atoms with Gasteiger partial charge in [-0.2, -0.15) is 0 Å². The third-order valence-electron chi connectivity index (χ3n) is 4.78. The molecular formula is C17H27N5O2. The molecule has 1 saturated carbocycles. The Kier molecular flexibility index (Phi) is 5.16. The van der Waals surface area contributed by atoms with Crippen LogP contribution >= 0.6 is 0 Å². The molecule has 2 amide bonds. The second-order valence-corrected chi connectivity index (χ2v) is 7.24. The van der Waals surface area contributed by atoms with Gasteiger partial charge < -0.3 is 10.2 Å². The molecule has 132 valence electrons. The van der Waals surface area contributed by atoms with Crippen LogP contribution in [0, 0.1) is 5.92 Å². The molecule has 0 radical (unpaired) electrons. The first-order valence-electron chi connectivity index (χ1n) is 9.06. The summed E-state index contributed by atoms with van der Waals surface area (Å²) in [6.07, 6.45) is 7.97. The molecule has 1 unspecified atom stereocenters. The number of aryl methyl sites for hydroxylation is 1. The smallest absolute Gasteiger partial charge is 0.273 e. The van der Waals surface area contributed by atoms with Crippen LogP contribution in [0.1, 0.15) is 62.9 Å². The lowest BCUT2D eigenvalue weighted by atomic mass is 9.97. The van der Waals surface area contributed by atoms with Crippen molar-refractivity contribution in [3.05, 3.63) is 11.9 Å². The van der Waals surface area contributed by atoms with Gasteiger partial charge in [0.2, 0.25) is 5.91 Å². The number of piperidine rings is 1. The van der Waals surface area contributed by atoms with Crippen molar-refractivity contribution < 1.29 is 9.59 Å². The van der Waals surface area contributed by atoms with Gasteiger partial charge in [0.25, 0.3) is 5.91 Å². The minimum absolute atomic E-state index is 0.0368. The van der Waals surface area contributed by atoms with Gasteiger partial charge in [0.05, 0.1) is 6.20 Å². The van der Waals surface area contributed by atoms with Gasteiger partial charge in [-0.3, -0.25) is 14.3 Å². The van der Waals surface area contributed by atoms with Crippen LogP contribution in [-0.4, -0.2) is 50.3 Å². The Balaban J connectivity index is 1.54. The van der Waals surface area contributed by atoms with E-state index in [0.29, 0.717) is 18.3 Å². The summed E-state index contributed by atoms with van der Waals surface area (Å²) in [5, 5.41) is 10.9. The summed E-state index contributed by atoms with van der Waals surface area (Å²) in [4.78, 5) is 26.3. The normalized spacial score (nSPS) is 21.1. The molecule has 0 aromatic carbocycles. The highest BCUT2D eigenvalue weighted by molar-refractivity contribution is 5.92. The Morgan fingerprint density at radius 1 is 1.29 bits per heavy atom. The molecule has 3 rings (SSSR count). The first-order chi connectivity index (χ1) is 11.5. The van der Waals surface area contributed by atoms with Crippen LogP contribution in [0.25, 0.3) is 0 Å².